The summed E-state index contributed by atoms with van der Waals surface area (Å²) >= 11 is 11.9. The van der Waals surface area contributed by atoms with Crippen molar-refractivity contribution in [1.29, 1.82) is 0 Å². The molecular weight excluding hydrogens is 621 g/mol. The van der Waals surface area contributed by atoms with Crippen LogP contribution < -0.4 is 20.7 Å². The maximum absolute atomic E-state index is 15.1. The van der Waals surface area contributed by atoms with E-state index in [1.807, 2.05) is 4.90 Å². The lowest BCUT2D eigenvalue weighted by molar-refractivity contribution is -0.161. The summed E-state index contributed by atoms with van der Waals surface area (Å²) in [6.07, 6.45) is -0.0113. The van der Waals surface area contributed by atoms with Gasteiger partial charge in [-0.3, -0.25) is 24.1 Å². The summed E-state index contributed by atoms with van der Waals surface area (Å²) in [5.41, 5.74) is 0.663. The maximum Gasteiger partial charge on any atom is 0.383 e. The molecule has 14 heteroatoms. The quantitative estimate of drug-likeness (QED) is 0.252. The van der Waals surface area contributed by atoms with Crippen LogP contribution in [0.4, 0.5) is 8.78 Å². The van der Waals surface area contributed by atoms with Crippen molar-refractivity contribution < 1.29 is 37.4 Å². The highest BCUT2D eigenvalue weighted by Gasteiger charge is 2.51. The second-order valence-electron chi connectivity index (χ2n) is 10.6. The molecule has 10 nitrogen and oxygen atoms in total. The van der Waals surface area contributed by atoms with Gasteiger partial charge in [0, 0.05) is 38.7 Å². The van der Waals surface area contributed by atoms with Gasteiger partial charge in [0.15, 0.2) is 6.61 Å². The molecule has 2 atom stereocenters. The molecule has 2 aromatic rings. The van der Waals surface area contributed by atoms with Gasteiger partial charge in [0.05, 0.1) is 29.3 Å². The molecule has 0 spiro atoms. The Morgan fingerprint density at radius 1 is 1.00 bits per heavy atom. The van der Waals surface area contributed by atoms with Crippen molar-refractivity contribution in [2.75, 3.05) is 46.0 Å². The minimum absolute atomic E-state index is 0.0113. The molecule has 3 amide bonds. The van der Waals surface area contributed by atoms with Gasteiger partial charge in [-0.05, 0) is 23.6 Å². The van der Waals surface area contributed by atoms with Crippen molar-refractivity contribution in [3.05, 3.63) is 64.1 Å². The van der Waals surface area contributed by atoms with Crippen LogP contribution in [0.2, 0.25) is 10.0 Å². The van der Waals surface area contributed by atoms with Crippen LogP contribution in [0.5, 0.6) is 5.75 Å². The fourth-order valence-corrected chi connectivity index (χ4v) is 4.66. The fraction of sp³-hybridized carbons (Fsp3) is 0.467. The maximum atomic E-state index is 15.1. The number of rotatable bonds is 15. The Balaban J connectivity index is 1.66. The van der Waals surface area contributed by atoms with E-state index in [4.69, 9.17) is 32.7 Å². The highest BCUT2D eigenvalue weighted by Crippen LogP contribution is 2.26. The third-order valence-electron chi connectivity index (χ3n) is 6.85. The first-order valence-electron chi connectivity index (χ1n) is 14.1. The molecule has 1 heterocycles. The summed E-state index contributed by atoms with van der Waals surface area (Å²) < 4.78 is 40.8. The minimum atomic E-state index is -4.40. The van der Waals surface area contributed by atoms with Crippen LogP contribution in [0.1, 0.15) is 19.4 Å². The Bertz CT molecular complexity index is 1300. The SMILES string of the molecule is CC(C)[C@H](NC(=O)C(Cc1ccccc1)NC(=O)COc1ccc(Cl)c(Cl)c1)C(=O)C(F)(F)C(=O)NCCN1CCOCC1. The fourth-order valence-electron chi connectivity index (χ4n) is 4.37. The topological polar surface area (TPSA) is 126 Å². The number of carbonyl (C=O) groups excluding carboxylic acids is 4. The number of carbonyl (C=O) groups is 4. The van der Waals surface area contributed by atoms with Gasteiger partial charge in [0.1, 0.15) is 11.8 Å². The van der Waals surface area contributed by atoms with Crippen LogP contribution in [0.15, 0.2) is 48.5 Å². The predicted molar refractivity (Wildman–Crippen MR) is 161 cm³/mol. The van der Waals surface area contributed by atoms with Crippen molar-refractivity contribution in [3.63, 3.8) is 0 Å². The Kier molecular flexibility index (Phi) is 13.3. The van der Waals surface area contributed by atoms with E-state index in [2.05, 4.69) is 16.0 Å². The molecule has 0 bridgehead atoms. The number of nitrogens with zero attached hydrogens (tertiary/aromatic N) is 1. The van der Waals surface area contributed by atoms with Gasteiger partial charge in [0.25, 0.3) is 11.8 Å². The molecule has 0 radical (unpaired) electrons. The van der Waals surface area contributed by atoms with E-state index in [1.165, 1.54) is 32.0 Å². The van der Waals surface area contributed by atoms with Crippen molar-refractivity contribution >= 4 is 46.7 Å². The molecule has 1 fully saturated rings. The highest BCUT2D eigenvalue weighted by molar-refractivity contribution is 6.42. The molecule has 3 rings (SSSR count). The van der Waals surface area contributed by atoms with Crippen molar-refractivity contribution in [2.45, 2.75) is 38.3 Å². The molecule has 2 aromatic carbocycles. The number of morpholine rings is 1. The second-order valence-corrected chi connectivity index (χ2v) is 11.4. The van der Waals surface area contributed by atoms with Crippen LogP contribution in [0, 0.1) is 5.92 Å². The average Bonchev–Trinajstić information content (AvgIpc) is 3.00. The normalized spacial score (nSPS) is 15.2. The van der Waals surface area contributed by atoms with Crippen molar-refractivity contribution in [3.8, 4) is 5.75 Å². The Morgan fingerprint density at radius 2 is 1.68 bits per heavy atom. The first-order chi connectivity index (χ1) is 20.9. The Hall–Kier alpha value is -3.32. The van der Waals surface area contributed by atoms with Gasteiger partial charge in [-0.25, -0.2) is 0 Å². The summed E-state index contributed by atoms with van der Waals surface area (Å²) in [4.78, 5) is 53.5. The lowest BCUT2D eigenvalue weighted by atomic mass is 9.94. The highest BCUT2D eigenvalue weighted by atomic mass is 35.5. The van der Waals surface area contributed by atoms with Crippen molar-refractivity contribution in [2.24, 2.45) is 5.92 Å². The van der Waals surface area contributed by atoms with Gasteiger partial charge < -0.3 is 25.4 Å². The van der Waals surface area contributed by atoms with Crippen LogP contribution in [0.3, 0.4) is 0 Å². The number of ketones is 1. The summed E-state index contributed by atoms with van der Waals surface area (Å²) in [5.74, 6) is -10.0. The number of amides is 3. The van der Waals surface area contributed by atoms with E-state index >= 15 is 8.78 Å². The van der Waals surface area contributed by atoms with Gasteiger partial charge >= 0.3 is 5.92 Å². The van der Waals surface area contributed by atoms with E-state index < -0.39 is 54.0 Å². The summed E-state index contributed by atoms with van der Waals surface area (Å²) in [7, 11) is 0. The Morgan fingerprint density at radius 3 is 2.32 bits per heavy atom. The van der Waals surface area contributed by atoms with E-state index in [9.17, 15) is 19.2 Å². The molecule has 3 N–H and O–H groups in total. The van der Waals surface area contributed by atoms with Gasteiger partial charge in [-0.1, -0.05) is 67.4 Å². The molecule has 0 aromatic heterocycles. The van der Waals surface area contributed by atoms with E-state index in [-0.39, 0.29) is 23.7 Å². The number of benzene rings is 2. The molecule has 44 heavy (non-hydrogen) atoms. The van der Waals surface area contributed by atoms with Gasteiger partial charge in [-0.15, -0.1) is 0 Å². The lowest BCUT2D eigenvalue weighted by Gasteiger charge is -2.28. The zero-order chi connectivity index (χ0) is 32.3. The zero-order valence-electron chi connectivity index (χ0n) is 24.4. The molecular formula is C30H36Cl2F2N4O6. The third kappa shape index (κ3) is 10.4. The lowest BCUT2D eigenvalue weighted by Crippen LogP contribution is -2.59. The van der Waals surface area contributed by atoms with Crippen molar-refractivity contribution in [1.82, 2.24) is 20.9 Å². The number of hydrogen-bond donors (Lipinski definition) is 3. The summed E-state index contributed by atoms with van der Waals surface area (Å²) in [6, 6.07) is 10.1. The molecule has 0 aliphatic carbocycles. The molecule has 1 saturated heterocycles. The van der Waals surface area contributed by atoms with E-state index in [1.54, 1.807) is 30.3 Å². The van der Waals surface area contributed by atoms with Gasteiger partial charge in [-0.2, -0.15) is 8.78 Å². The van der Waals surface area contributed by atoms with Gasteiger partial charge in [0.2, 0.25) is 11.7 Å². The molecule has 1 unspecified atom stereocenters. The first-order valence-corrected chi connectivity index (χ1v) is 14.9. The van der Waals surface area contributed by atoms with Crippen LogP contribution in [-0.2, 0) is 30.3 Å². The standard InChI is InChI=1S/C30H36Cl2F2N4O6/c1-19(2)26(27(40)30(33,34)29(42)35-10-11-38-12-14-43-15-13-38)37-28(41)24(16-20-6-4-3-5-7-20)36-25(39)18-44-21-8-9-22(31)23(32)17-21/h3-9,17,19,24,26H,10-16,18H2,1-2H3,(H,35,42)(H,36,39)(H,37,41)/t24?,26-/m0/s1. The average molecular weight is 658 g/mol. The van der Waals surface area contributed by atoms with E-state index in [0.29, 0.717) is 43.4 Å². The number of halogens is 4. The summed E-state index contributed by atoms with van der Waals surface area (Å²) in [5, 5.41) is 7.52. The number of alkyl halides is 2. The smallest absolute Gasteiger partial charge is 0.383 e. The monoisotopic (exact) mass is 656 g/mol. The summed E-state index contributed by atoms with van der Waals surface area (Å²) in [6.45, 7) is 4.89. The van der Waals surface area contributed by atoms with Crippen LogP contribution in [0.25, 0.3) is 0 Å². The minimum Gasteiger partial charge on any atom is -0.484 e. The largest absolute Gasteiger partial charge is 0.484 e. The molecule has 240 valence electrons. The molecule has 1 aliphatic heterocycles. The number of Topliss-reactive ketones (excluding diaryl/α,β-unsaturated/α-hetero) is 1. The first kappa shape index (κ1) is 35.2. The number of ether oxygens (including phenoxy) is 2. The third-order valence-corrected chi connectivity index (χ3v) is 7.59. The van der Waals surface area contributed by atoms with Crippen LogP contribution in [-0.4, -0.2) is 92.4 Å². The Labute approximate surface area is 264 Å². The molecule has 1 aliphatic rings. The zero-order valence-corrected chi connectivity index (χ0v) is 25.9. The van der Waals surface area contributed by atoms with E-state index in [0.717, 1.165) is 0 Å². The molecule has 0 saturated carbocycles. The second kappa shape index (κ2) is 16.7. The predicted octanol–water partition coefficient (Wildman–Crippen LogP) is 2.89. The van der Waals surface area contributed by atoms with Crippen LogP contribution >= 0.6 is 23.2 Å². The number of hydrogen-bond acceptors (Lipinski definition) is 7. The number of nitrogens with one attached hydrogen (secondary N) is 3.